The average molecular weight is 198 g/mol. The van der Waals surface area contributed by atoms with Gasteiger partial charge in [-0.1, -0.05) is 6.92 Å². The molecule has 78 valence electrons. The van der Waals surface area contributed by atoms with Gasteiger partial charge in [0.1, 0.15) is 0 Å². The lowest BCUT2D eigenvalue weighted by Crippen LogP contribution is -2.28. The lowest BCUT2D eigenvalue weighted by Gasteiger charge is -2.09. The molecule has 14 heavy (non-hydrogen) atoms. The van der Waals surface area contributed by atoms with Crippen LogP contribution < -0.4 is 5.32 Å². The Bertz CT molecular complexity index is 273. The van der Waals surface area contributed by atoms with Gasteiger partial charge in [-0.15, -0.1) is 0 Å². The first-order chi connectivity index (χ1) is 6.74. The Labute approximate surface area is 81.7 Å². The molecule has 0 aliphatic heterocycles. The highest BCUT2D eigenvalue weighted by molar-refractivity contribution is 5.91. The standard InChI is InChI=1S/C8H14N4O2/c1-6(2-3-13)4-9-8(14)7-5-10-12-11-7/h5-6,13H,2-4H2,1H3,(H,9,14)(H,10,11,12). The lowest BCUT2D eigenvalue weighted by atomic mass is 10.1. The number of aromatic amines is 1. The predicted molar refractivity (Wildman–Crippen MR) is 49.6 cm³/mol. The van der Waals surface area contributed by atoms with Crippen LogP contribution in [0.3, 0.4) is 0 Å². The average Bonchev–Trinajstić information content (AvgIpc) is 2.67. The van der Waals surface area contributed by atoms with E-state index in [-0.39, 0.29) is 24.1 Å². The van der Waals surface area contributed by atoms with E-state index in [0.29, 0.717) is 13.0 Å². The second-order valence-corrected chi connectivity index (χ2v) is 3.18. The van der Waals surface area contributed by atoms with Gasteiger partial charge in [0.15, 0.2) is 5.69 Å². The van der Waals surface area contributed by atoms with Crippen molar-refractivity contribution in [2.75, 3.05) is 13.2 Å². The van der Waals surface area contributed by atoms with Crippen LogP contribution in [0.2, 0.25) is 0 Å². The summed E-state index contributed by atoms with van der Waals surface area (Å²) >= 11 is 0. The van der Waals surface area contributed by atoms with Crippen LogP contribution in [0.15, 0.2) is 6.20 Å². The SMILES string of the molecule is CC(CCO)CNC(=O)c1cn[nH]n1. The normalized spacial score (nSPS) is 12.4. The second kappa shape index (κ2) is 5.33. The fraction of sp³-hybridized carbons (Fsp3) is 0.625. The third-order valence-corrected chi connectivity index (χ3v) is 1.88. The van der Waals surface area contributed by atoms with Gasteiger partial charge in [-0.2, -0.15) is 15.4 Å². The molecule has 1 aromatic heterocycles. The van der Waals surface area contributed by atoms with Gasteiger partial charge in [0.05, 0.1) is 6.20 Å². The van der Waals surface area contributed by atoms with Crippen LogP contribution in [0.4, 0.5) is 0 Å². The Morgan fingerprint density at radius 3 is 3.14 bits per heavy atom. The van der Waals surface area contributed by atoms with Crippen LogP contribution in [0.25, 0.3) is 0 Å². The van der Waals surface area contributed by atoms with E-state index in [1.54, 1.807) is 0 Å². The molecule has 1 rings (SSSR count). The fourth-order valence-corrected chi connectivity index (χ4v) is 0.991. The molecular weight excluding hydrogens is 184 g/mol. The number of H-pyrrole nitrogens is 1. The van der Waals surface area contributed by atoms with Crippen molar-refractivity contribution in [2.24, 2.45) is 5.92 Å². The van der Waals surface area contributed by atoms with E-state index in [9.17, 15) is 4.79 Å². The highest BCUT2D eigenvalue weighted by Crippen LogP contribution is 1.98. The molecule has 6 nitrogen and oxygen atoms in total. The van der Waals surface area contributed by atoms with E-state index in [1.165, 1.54) is 6.20 Å². The third-order valence-electron chi connectivity index (χ3n) is 1.88. The summed E-state index contributed by atoms with van der Waals surface area (Å²) in [7, 11) is 0. The van der Waals surface area contributed by atoms with Gasteiger partial charge in [-0.05, 0) is 12.3 Å². The number of nitrogens with zero attached hydrogens (tertiary/aromatic N) is 2. The monoisotopic (exact) mass is 198 g/mol. The van der Waals surface area contributed by atoms with Crippen molar-refractivity contribution in [3.8, 4) is 0 Å². The number of hydrogen-bond donors (Lipinski definition) is 3. The molecule has 1 atom stereocenters. The minimum Gasteiger partial charge on any atom is -0.396 e. The van der Waals surface area contributed by atoms with Gasteiger partial charge in [0, 0.05) is 13.2 Å². The zero-order valence-electron chi connectivity index (χ0n) is 8.03. The second-order valence-electron chi connectivity index (χ2n) is 3.18. The molecule has 0 aliphatic rings. The minimum atomic E-state index is -0.247. The smallest absolute Gasteiger partial charge is 0.273 e. The number of carbonyl (C=O) groups is 1. The van der Waals surface area contributed by atoms with Crippen molar-refractivity contribution in [1.29, 1.82) is 0 Å². The van der Waals surface area contributed by atoms with Crippen molar-refractivity contribution in [2.45, 2.75) is 13.3 Å². The minimum absolute atomic E-state index is 0.140. The van der Waals surface area contributed by atoms with E-state index in [2.05, 4.69) is 20.7 Å². The van der Waals surface area contributed by atoms with E-state index < -0.39 is 0 Å². The summed E-state index contributed by atoms with van der Waals surface area (Å²) in [4.78, 5) is 11.3. The van der Waals surface area contributed by atoms with Gasteiger partial charge in [0.2, 0.25) is 0 Å². The highest BCUT2D eigenvalue weighted by atomic mass is 16.3. The quantitative estimate of drug-likeness (QED) is 0.597. The van der Waals surface area contributed by atoms with Gasteiger partial charge < -0.3 is 10.4 Å². The van der Waals surface area contributed by atoms with Crippen LogP contribution in [-0.2, 0) is 0 Å². The predicted octanol–water partition coefficient (Wildman–Crippen LogP) is -0.447. The van der Waals surface area contributed by atoms with E-state index in [4.69, 9.17) is 5.11 Å². The lowest BCUT2D eigenvalue weighted by molar-refractivity contribution is 0.0940. The Balaban J connectivity index is 2.28. The Morgan fingerprint density at radius 1 is 1.79 bits per heavy atom. The van der Waals surface area contributed by atoms with Crippen molar-refractivity contribution >= 4 is 5.91 Å². The van der Waals surface area contributed by atoms with Gasteiger partial charge in [-0.25, -0.2) is 0 Å². The van der Waals surface area contributed by atoms with Crippen LogP contribution in [0.1, 0.15) is 23.8 Å². The fourth-order valence-electron chi connectivity index (χ4n) is 0.991. The molecule has 1 heterocycles. The molecular formula is C8H14N4O2. The first kappa shape index (κ1) is 10.6. The van der Waals surface area contributed by atoms with E-state index in [0.717, 1.165) is 0 Å². The summed E-state index contributed by atoms with van der Waals surface area (Å²) < 4.78 is 0. The summed E-state index contributed by atoms with van der Waals surface area (Å²) in [5.74, 6) is 0.0133. The zero-order chi connectivity index (χ0) is 10.4. The molecule has 6 heteroatoms. The molecule has 1 amide bonds. The van der Waals surface area contributed by atoms with Crippen molar-refractivity contribution < 1.29 is 9.90 Å². The Hall–Kier alpha value is -1.43. The van der Waals surface area contributed by atoms with E-state index in [1.807, 2.05) is 6.92 Å². The Morgan fingerprint density at radius 2 is 2.57 bits per heavy atom. The molecule has 0 aromatic carbocycles. The molecule has 0 radical (unpaired) electrons. The number of aromatic nitrogens is 3. The van der Waals surface area contributed by atoms with Crippen molar-refractivity contribution in [3.63, 3.8) is 0 Å². The molecule has 0 bridgehead atoms. The van der Waals surface area contributed by atoms with Gasteiger partial charge >= 0.3 is 0 Å². The summed E-state index contributed by atoms with van der Waals surface area (Å²) in [5.41, 5.74) is 0.279. The number of hydrogen-bond acceptors (Lipinski definition) is 4. The summed E-state index contributed by atoms with van der Waals surface area (Å²) in [6, 6.07) is 0. The summed E-state index contributed by atoms with van der Waals surface area (Å²) in [5, 5.41) is 20.9. The molecule has 3 N–H and O–H groups in total. The number of amides is 1. The van der Waals surface area contributed by atoms with Crippen molar-refractivity contribution in [1.82, 2.24) is 20.7 Å². The molecule has 0 spiro atoms. The molecule has 0 saturated carbocycles. The maximum absolute atomic E-state index is 11.3. The molecule has 0 saturated heterocycles. The zero-order valence-corrected chi connectivity index (χ0v) is 8.03. The third kappa shape index (κ3) is 3.14. The van der Waals surface area contributed by atoms with Crippen LogP contribution in [0, 0.1) is 5.92 Å². The highest BCUT2D eigenvalue weighted by Gasteiger charge is 2.09. The molecule has 1 aromatic rings. The topological polar surface area (TPSA) is 90.9 Å². The first-order valence-electron chi connectivity index (χ1n) is 4.49. The maximum Gasteiger partial charge on any atom is 0.273 e. The van der Waals surface area contributed by atoms with Crippen molar-refractivity contribution in [3.05, 3.63) is 11.9 Å². The van der Waals surface area contributed by atoms with E-state index >= 15 is 0 Å². The molecule has 1 unspecified atom stereocenters. The van der Waals surface area contributed by atoms with Crippen LogP contribution in [0.5, 0.6) is 0 Å². The number of nitrogens with one attached hydrogen (secondary N) is 2. The maximum atomic E-state index is 11.3. The first-order valence-corrected chi connectivity index (χ1v) is 4.49. The Kier molecular flexibility index (Phi) is 4.06. The van der Waals surface area contributed by atoms with Gasteiger partial charge in [0.25, 0.3) is 5.91 Å². The van der Waals surface area contributed by atoms with Crippen LogP contribution in [-0.4, -0.2) is 39.6 Å². The summed E-state index contributed by atoms with van der Waals surface area (Å²) in [6.45, 7) is 2.63. The number of aliphatic hydroxyl groups is 1. The van der Waals surface area contributed by atoms with Crippen LogP contribution >= 0.6 is 0 Å². The molecule has 0 fully saturated rings. The molecule has 0 aliphatic carbocycles. The number of carbonyl (C=O) groups excluding carboxylic acids is 1. The summed E-state index contributed by atoms with van der Waals surface area (Å²) in [6.07, 6.45) is 2.05. The number of aliphatic hydroxyl groups excluding tert-OH is 1. The number of rotatable bonds is 5. The largest absolute Gasteiger partial charge is 0.396 e. The van der Waals surface area contributed by atoms with Gasteiger partial charge in [-0.3, -0.25) is 4.79 Å².